The summed E-state index contributed by atoms with van der Waals surface area (Å²) in [5.74, 6) is 1.78. The van der Waals surface area contributed by atoms with Crippen molar-refractivity contribution >= 4 is 15.9 Å². The van der Waals surface area contributed by atoms with Gasteiger partial charge in [-0.15, -0.1) is 0 Å². The first-order chi connectivity index (χ1) is 8.02. The third kappa shape index (κ3) is 2.29. The van der Waals surface area contributed by atoms with Crippen molar-refractivity contribution in [3.8, 4) is 11.5 Å². The van der Waals surface area contributed by atoms with E-state index in [1.54, 1.807) is 6.92 Å². The zero-order chi connectivity index (χ0) is 12.6. The fraction of sp³-hybridized carbons (Fsp3) is 0.538. The number of fused-ring (bicyclic) bond motifs is 1. The van der Waals surface area contributed by atoms with Gasteiger partial charge >= 0.3 is 0 Å². The maximum Gasteiger partial charge on any atom is 0.175 e. The van der Waals surface area contributed by atoms with Crippen LogP contribution in [-0.4, -0.2) is 18.3 Å². The van der Waals surface area contributed by atoms with E-state index in [9.17, 15) is 5.11 Å². The van der Waals surface area contributed by atoms with E-state index < -0.39 is 6.10 Å². The van der Waals surface area contributed by atoms with Crippen molar-refractivity contribution in [2.24, 2.45) is 0 Å². The Morgan fingerprint density at radius 2 is 1.88 bits per heavy atom. The molecular weight excluding hydrogens is 284 g/mol. The van der Waals surface area contributed by atoms with E-state index in [1.807, 2.05) is 6.07 Å². The summed E-state index contributed by atoms with van der Waals surface area (Å²) in [4.78, 5) is 0. The molecule has 0 bridgehead atoms. The molecule has 1 N–H and O–H groups in total. The number of aliphatic hydroxyl groups is 1. The highest BCUT2D eigenvalue weighted by Crippen LogP contribution is 2.45. The number of rotatable bonds is 2. The van der Waals surface area contributed by atoms with E-state index >= 15 is 0 Å². The van der Waals surface area contributed by atoms with Gasteiger partial charge in [0.25, 0.3) is 0 Å². The van der Waals surface area contributed by atoms with Gasteiger partial charge in [0.15, 0.2) is 11.5 Å². The summed E-state index contributed by atoms with van der Waals surface area (Å²) in [6.45, 7) is 7.09. The minimum atomic E-state index is -0.514. The molecule has 0 fully saturated rings. The normalized spacial score (nSPS) is 16.1. The Kier molecular flexibility index (Phi) is 3.64. The van der Waals surface area contributed by atoms with Crippen LogP contribution in [0.2, 0.25) is 0 Å². The first-order valence-electron chi connectivity index (χ1n) is 5.82. The molecule has 0 radical (unpaired) electrons. The second kappa shape index (κ2) is 4.86. The SMILES string of the molecule is CC(C)c1c(C(C)O)cc2c(c1Br)OCCO2. The van der Waals surface area contributed by atoms with Crippen molar-refractivity contribution in [2.75, 3.05) is 13.2 Å². The van der Waals surface area contributed by atoms with Crippen molar-refractivity contribution in [1.82, 2.24) is 0 Å². The van der Waals surface area contributed by atoms with Gasteiger partial charge in [-0.1, -0.05) is 13.8 Å². The number of benzene rings is 1. The molecule has 1 aromatic carbocycles. The molecule has 1 heterocycles. The molecule has 1 atom stereocenters. The maximum atomic E-state index is 9.86. The van der Waals surface area contributed by atoms with Crippen molar-refractivity contribution < 1.29 is 14.6 Å². The lowest BCUT2D eigenvalue weighted by Gasteiger charge is -2.25. The van der Waals surface area contributed by atoms with Crippen molar-refractivity contribution in [3.63, 3.8) is 0 Å². The van der Waals surface area contributed by atoms with E-state index in [2.05, 4.69) is 29.8 Å². The fourth-order valence-electron chi connectivity index (χ4n) is 2.11. The molecule has 0 aliphatic carbocycles. The molecule has 17 heavy (non-hydrogen) atoms. The first-order valence-corrected chi connectivity index (χ1v) is 6.61. The summed E-state index contributed by atoms with van der Waals surface area (Å²) < 4.78 is 12.1. The summed E-state index contributed by atoms with van der Waals surface area (Å²) in [6.07, 6.45) is -0.514. The van der Waals surface area contributed by atoms with Gasteiger partial charge in [-0.2, -0.15) is 0 Å². The van der Waals surface area contributed by atoms with Crippen LogP contribution < -0.4 is 9.47 Å². The van der Waals surface area contributed by atoms with Crippen LogP contribution in [0, 0.1) is 0 Å². The largest absolute Gasteiger partial charge is 0.486 e. The predicted molar refractivity (Wildman–Crippen MR) is 69.9 cm³/mol. The van der Waals surface area contributed by atoms with Crippen LogP contribution in [0.5, 0.6) is 11.5 Å². The monoisotopic (exact) mass is 300 g/mol. The molecule has 3 nitrogen and oxygen atoms in total. The Hall–Kier alpha value is -0.740. The van der Waals surface area contributed by atoms with Gasteiger partial charge in [0, 0.05) is 0 Å². The average molecular weight is 301 g/mol. The Balaban J connectivity index is 2.63. The van der Waals surface area contributed by atoms with Crippen LogP contribution in [0.4, 0.5) is 0 Å². The Morgan fingerprint density at radius 1 is 1.24 bits per heavy atom. The third-order valence-corrected chi connectivity index (χ3v) is 3.66. The highest BCUT2D eigenvalue weighted by Gasteiger charge is 2.24. The van der Waals surface area contributed by atoms with E-state index in [1.165, 1.54) is 0 Å². The maximum absolute atomic E-state index is 9.86. The predicted octanol–water partition coefficient (Wildman–Crippen LogP) is 3.40. The highest BCUT2D eigenvalue weighted by molar-refractivity contribution is 9.10. The van der Waals surface area contributed by atoms with Crippen molar-refractivity contribution in [1.29, 1.82) is 0 Å². The van der Waals surface area contributed by atoms with Crippen LogP contribution in [0.15, 0.2) is 10.5 Å². The lowest BCUT2D eigenvalue weighted by Crippen LogP contribution is -2.17. The molecular formula is C13H17BrO3. The van der Waals surface area contributed by atoms with Crippen LogP contribution in [0.3, 0.4) is 0 Å². The topological polar surface area (TPSA) is 38.7 Å². The van der Waals surface area contributed by atoms with Gasteiger partial charge in [-0.3, -0.25) is 0 Å². The summed E-state index contributed by atoms with van der Waals surface area (Å²) in [5, 5.41) is 9.86. The molecule has 94 valence electrons. The van der Waals surface area contributed by atoms with E-state index in [-0.39, 0.29) is 0 Å². The molecule has 1 aliphatic rings. The Morgan fingerprint density at radius 3 is 2.47 bits per heavy atom. The number of hydrogen-bond acceptors (Lipinski definition) is 3. The van der Waals surface area contributed by atoms with Crippen LogP contribution in [-0.2, 0) is 0 Å². The van der Waals surface area contributed by atoms with E-state index in [0.717, 1.165) is 21.3 Å². The molecule has 0 aromatic heterocycles. The van der Waals surface area contributed by atoms with Crippen LogP contribution in [0.1, 0.15) is 43.9 Å². The molecule has 1 aliphatic heterocycles. The second-order valence-electron chi connectivity index (χ2n) is 4.55. The first kappa shape index (κ1) is 12.7. The molecule has 0 saturated carbocycles. The number of aliphatic hydroxyl groups excluding tert-OH is 1. The average Bonchev–Trinajstić information content (AvgIpc) is 2.28. The third-order valence-electron chi connectivity index (χ3n) is 2.87. The zero-order valence-electron chi connectivity index (χ0n) is 10.3. The molecule has 1 aromatic rings. The van der Waals surface area contributed by atoms with Gasteiger partial charge in [-0.05, 0) is 46.0 Å². The van der Waals surface area contributed by atoms with E-state index in [4.69, 9.17) is 9.47 Å². The lowest BCUT2D eigenvalue weighted by molar-refractivity contribution is 0.166. The Bertz CT molecular complexity index is 427. The minimum Gasteiger partial charge on any atom is -0.486 e. The van der Waals surface area contributed by atoms with Gasteiger partial charge in [0.1, 0.15) is 13.2 Å². The lowest BCUT2D eigenvalue weighted by atomic mass is 9.93. The molecule has 0 amide bonds. The van der Waals surface area contributed by atoms with Gasteiger partial charge in [0.05, 0.1) is 10.6 Å². The summed E-state index contributed by atoms with van der Waals surface area (Å²) >= 11 is 3.57. The van der Waals surface area contributed by atoms with Gasteiger partial charge in [-0.25, -0.2) is 0 Å². The molecule has 1 unspecified atom stereocenters. The Labute approximate surface area is 110 Å². The quantitative estimate of drug-likeness (QED) is 0.910. The number of ether oxygens (including phenoxy) is 2. The van der Waals surface area contributed by atoms with Crippen molar-refractivity contribution in [3.05, 3.63) is 21.7 Å². The minimum absolute atomic E-state index is 0.310. The zero-order valence-corrected chi connectivity index (χ0v) is 11.9. The smallest absolute Gasteiger partial charge is 0.175 e. The van der Waals surface area contributed by atoms with E-state index in [0.29, 0.717) is 24.9 Å². The number of hydrogen-bond donors (Lipinski definition) is 1. The van der Waals surface area contributed by atoms with Crippen LogP contribution >= 0.6 is 15.9 Å². The van der Waals surface area contributed by atoms with Crippen LogP contribution in [0.25, 0.3) is 0 Å². The summed E-state index contributed by atoms with van der Waals surface area (Å²) in [7, 11) is 0. The van der Waals surface area contributed by atoms with Gasteiger partial charge in [0.2, 0.25) is 0 Å². The molecule has 4 heteroatoms. The standard InChI is InChI=1S/C13H17BrO3/c1-7(2)11-9(8(3)15)6-10-13(12(11)14)17-5-4-16-10/h6-8,15H,4-5H2,1-3H3. The molecule has 0 saturated heterocycles. The number of halogens is 1. The summed E-state index contributed by atoms with van der Waals surface area (Å²) in [6, 6.07) is 1.89. The summed E-state index contributed by atoms with van der Waals surface area (Å²) in [5.41, 5.74) is 1.99. The van der Waals surface area contributed by atoms with Crippen molar-refractivity contribution in [2.45, 2.75) is 32.8 Å². The fourth-order valence-corrected chi connectivity index (χ4v) is 3.11. The molecule has 2 rings (SSSR count). The highest BCUT2D eigenvalue weighted by atomic mass is 79.9. The molecule has 0 spiro atoms. The second-order valence-corrected chi connectivity index (χ2v) is 5.34. The van der Waals surface area contributed by atoms with Gasteiger partial charge < -0.3 is 14.6 Å².